The molecule has 0 aliphatic carbocycles. The van der Waals surface area contributed by atoms with E-state index in [4.69, 9.17) is 16.7 Å². The molecule has 0 saturated heterocycles. The lowest BCUT2D eigenvalue weighted by Crippen LogP contribution is -2.16. The molecule has 0 unspecified atom stereocenters. The average molecular weight is 295 g/mol. The number of nitrogens with one attached hydrogen (secondary N) is 1. The van der Waals surface area contributed by atoms with Crippen molar-refractivity contribution in [3.05, 3.63) is 58.6 Å². The van der Waals surface area contributed by atoms with Crippen LogP contribution in [0.4, 0.5) is 10.1 Å². The van der Waals surface area contributed by atoms with Gasteiger partial charge in [-0.3, -0.25) is 4.79 Å². The van der Waals surface area contributed by atoms with E-state index in [1.807, 2.05) is 0 Å². The summed E-state index contributed by atoms with van der Waals surface area (Å²) in [5, 5.41) is 11.6. The van der Waals surface area contributed by atoms with Crippen molar-refractivity contribution in [2.24, 2.45) is 0 Å². The van der Waals surface area contributed by atoms with Gasteiger partial charge in [0.15, 0.2) is 0 Å². The van der Waals surface area contributed by atoms with Crippen molar-refractivity contribution in [1.82, 2.24) is 4.98 Å². The molecule has 1 aromatic carbocycles. The molecule has 2 N–H and O–H groups in total. The van der Waals surface area contributed by atoms with E-state index in [1.54, 1.807) is 0 Å². The van der Waals surface area contributed by atoms with Crippen LogP contribution < -0.4 is 5.32 Å². The summed E-state index contributed by atoms with van der Waals surface area (Å²) < 4.78 is 12.9. The Kier molecular flexibility index (Phi) is 3.95. The van der Waals surface area contributed by atoms with Crippen molar-refractivity contribution in [3.63, 3.8) is 0 Å². The van der Waals surface area contributed by atoms with Gasteiger partial charge >= 0.3 is 5.97 Å². The molecule has 1 aromatic heterocycles. The molecule has 20 heavy (non-hydrogen) atoms. The van der Waals surface area contributed by atoms with Crippen LogP contribution in [0, 0.1) is 5.95 Å². The third kappa shape index (κ3) is 3.10. The zero-order valence-corrected chi connectivity index (χ0v) is 10.7. The van der Waals surface area contributed by atoms with Gasteiger partial charge in [-0.05, 0) is 30.3 Å². The van der Waals surface area contributed by atoms with Crippen LogP contribution in [-0.2, 0) is 0 Å². The van der Waals surface area contributed by atoms with Crippen LogP contribution in [0.15, 0.2) is 36.4 Å². The number of aromatic carboxylic acids is 1. The first-order chi connectivity index (χ1) is 9.47. The van der Waals surface area contributed by atoms with E-state index in [2.05, 4.69) is 10.3 Å². The van der Waals surface area contributed by atoms with Gasteiger partial charge in [-0.25, -0.2) is 9.78 Å². The molecule has 102 valence electrons. The molecule has 0 spiro atoms. The molecule has 0 fully saturated rings. The maximum Gasteiger partial charge on any atom is 0.337 e. The minimum absolute atomic E-state index is 0.0537. The fraction of sp³-hybridized carbons (Fsp3) is 0. The van der Waals surface area contributed by atoms with Crippen molar-refractivity contribution >= 4 is 29.2 Å². The quantitative estimate of drug-likeness (QED) is 0.853. The van der Waals surface area contributed by atoms with Gasteiger partial charge in [0.05, 0.1) is 11.3 Å². The van der Waals surface area contributed by atoms with Crippen LogP contribution >= 0.6 is 11.6 Å². The fourth-order valence-electron chi connectivity index (χ4n) is 1.52. The van der Waals surface area contributed by atoms with Gasteiger partial charge in [-0.15, -0.1) is 0 Å². The Bertz CT molecular complexity index is 691. The van der Waals surface area contributed by atoms with E-state index in [1.165, 1.54) is 30.3 Å². The van der Waals surface area contributed by atoms with E-state index in [0.29, 0.717) is 0 Å². The largest absolute Gasteiger partial charge is 0.478 e. The molecule has 5 nitrogen and oxygen atoms in total. The summed E-state index contributed by atoms with van der Waals surface area (Å²) in [6, 6.07) is 7.73. The molecule has 2 rings (SSSR count). The van der Waals surface area contributed by atoms with E-state index >= 15 is 0 Å². The Morgan fingerprint density at radius 2 is 2.00 bits per heavy atom. The number of carbonyl (C=O) groups excluding carboxylic acids is 1. The summed E-state index contributed by atoms with van der Waals surface area (Å²) >= 11 is 5.70. The van der Waals surface area contributed by atoms with Crippen LogP contribution in [-0.4, -0.2) is 22.0 Å². The maximum absolute atomic E-state index is 12.9. The molecule has 0 aliphatic heterocycles. The Morgan fingerprint density at radius 3 is 2.65 bits per heavy atom. The molecular weight excluding hydrogens is 287 g/mol. The first kappa shape index (κ1) is 14.0. The highest BCUT2D eigenvalue weighted by Crippen LogP contribution is 2.21. The molecule has 0 aliphatic rings. The highest BCUT2D eigenvalue weighted by molar-refractivity contribution is 6.31. The second kappa shape index (κ2) is 5.66. The Morgan fingerprint density at radius 1 is 1.25 bits per heavy atom. The molecule has 1 heterocycles. The number of pyridine rings is 1. The van der Waals surface area contributed by atoms with Crippen LogP contribution in [0.1, 0.15) is 20.8 Å². The van der Waals surface area contributed by atoms with Crippen LogP contribution in [0.25, 0.3) is 0 Å². The van der Waals surface area contributed by atoms with Crippen LogP contribution in [0.3, 0.4) is 0 Å². The summed E-state index contributed by atoms with van der Waals surface area (Å²) in [5.74, 6) is -2.75. The number of rotatable bonds is 3. The van der Waals surface area contributed by atoms with Crippen molar-refractivity contribution in [3.8, 4) is 0 Å². The van der Waals surface area contributed by atoms with Crippen LogP contribution in [0.2, 0.25) is 5.02 Å². The monoisotopic (exact) mass is 294 g/mol. The Labute approximate surface area is 118 Å². The Hall–Kier alpha value is -2.47. The molecule has 0 saturated carbocycles. The van der Waals surface area contributed by atoms with E-state index in [9.17, 15) is 14.0 Å². The third-order valence-corrected chi connectivity index (χ3v) is 2.64. The Balaban J connectivity index is 2.30. The standard InChI is InChI=1S/C13H8ClFN2O3/c14-7-4-5-9(8(6-7)13(19)20)17-12(18)10-2-1-3-11(15)16-10/h1-6H,(H,17,18)(H,19,20). The van der Waals surface area contributed by atoms with Gasteiger partial charge in [0.25, 0.3) is 5.91 Å². The second-order valence-corrected chi connectivity index (χ2v) is 4.23. The normalized spacial score (nSPS) is 10.1. The lowest BCUT2D eigenvalue weighted by atomic mass is 10.1. The van der Waals surface area contributed by atoms with Crippen LogP contribution in [0.5, 0.6) is 0 Å². The molecule has 7 heteroatoms. The highest BCUT2D eigenvalue weighted by Gasteiger charge is 2.15. The molecule has 0 radical (unpaired) electrons. The minimum atomic E-state index is -1.24. The summed E-state index contributed by atoms with van der Waals surface area (Å²) in [5.41, 5.74) is -0.267. The number of hydrogen-bond acceptors (Lipinski definition) is 3. The topological polar surface area (TPSA) is 79.3 Å². The minimum Gasteiger partial charge on any atom is -0.478 e. The molecule has 0 bridgehead atoms. The maximum atomic E-state index is 12.9. The SMILES string of the molecule is O=C(Nc1ccc(Cl)cc1C(=O)O)c1cccc(F)n1. The zero-order chi connectivity index (χ0) is 14.7. The number of carbonyl (C=O) groups is 2. The lowest BCUT2D eigenvalue weighted by Gasteiger charge is -2.08. The van der Waals surface area contributed by atoms with Gasteiger partial charge in [-0.2, -0.15) is 4.39 Å². The number of amides is 1. The zero-order valence-electron chi connectivity index (χ0n) is 9.93. The number of aromatic nitrogens is 1. The first-order valence-electron chi connectivity index (χ1n) is 5.44. The predicted molar refractivity (Wildman–Crippen MR) is 70.6 cm³/mol. The van der Waals surface area contributed by atoms with E-state index in [0.717, 1.165) is 6.07 Å². The average Bonchev–Trinajstić information content (AvgIpc) is 2.40. The molecule has 1 amide bonds. The van der Waals surface area contributed by atoms with E-state index in [-0.39, 0.29) is 22.0 Å². The number of halogens is 2. The smallest absolute Gasteiger partial charge is 0.337 e. The van der Waals surface area contributed by atoms with E-state index < -0.39 is 17.8 Å². The molecule has 0 atom stereocenters. The number of carboxylic acids is 1. The number of benzene rings is 1. The predicted octanol–water partition coefficient (Wildman–Crippen LogP) is 2.82. The fourth-order valence-corrected chi connectivity index (χ4v) is 1.70. The number of hydrogen-bond donors (Lipinski definition) is 2. The summed E-state index contributed by atoms with van der Waals surface area (Å²) in [6.45, 7) is 0. The van der Waals surface area contributed by atoms with Gasteiger partial charge in [0.1, 0.15) is 5.69 Å². The molecular formula is C13H8ClFN2O3. The summed E-state index contributed by atoms with van der Waals surface area (Å²) in [6.07, 6.45) is 0. The number of nitrogens with zero attached hydrogens (tertiary/aromatic N) is 1. The van der Waals surface area contributed by atoms with Gasteiger partial charge < -0.3 is 10.4 Å². The molecule has 2 aromatic rings. The van der Waals surface area contributed by atoms with Crippen molar-refractivity contribution < 1.29 is 19.1 Å². The highest BCUT2D eigenvalue weighted by atomic mass is 35.5. The van der Waals surface area contributed by atoms with Gasteiger partial charge in [0, 0.05) is 5.02 Å². The number of anilines is 1. The first-order valence-corrected chi connectivity index (χ1v) is 5.82. The summed E-state index contributed by atoms with van der Waals surface area (Å²) in [7, 11) is 0. The van der Waals surface area contributed by atoms with Gasteiger partial charge in [-0.1, -0.05) is 17.7 Å². The second-order valence-electron chi connectivity index (χ2n) is 3.79. The van der Waals surface area contributed by atoms with Gasteiger partial charge in [0.2, 0.25) is 5.95 Å². The van der Waals surface area contributed by atoms with Crippen molar-refractivity contribution in [2.45, 2.75) is 0 Å². The van der Waals surface area contributed by atoms with Crippen molar-refractivity contribution in [1.29, 1.82) is 0 Å². The number of carboxylic acid groups (broad SMARTS) is 1. The lowest BCUT2D eigenvalue weighted by molar-refractivity contribution is 0.0698. The third-order valence-electron chi connectivity index (χ3n) is 2.41. The van der Waals surface area contributed by atoms with Crippen molar-refractivity contribution in [2.75, 3.05) is 5.32 Å². The summed E-state index contributed by atoms with van der Waals surface area (Å²) in [4.78, 5) is 26.3.